The van der Waals surface area contributed by atoms with Crippen molar-refractivity contribution in [2.24, 2.45) is 5.10 Å². The van der Waals surface area contributed by atoms with Gasteiger partial charge in [0.2, 0.25) is 0 Å². The van der Waals surface area contributed by atoms with E-state index in [1.54, 1.807) is 24.3 Å². The Labute approximate surface area is 123 Å². The number of nitrogens with one attached hydrogen (secondary N) is 2. The first-order valence-electron chi connectivity index (χ1n) is 6.55. The van der Waals surface area contributed by atoms with Gasteiger partial charge in [-0.15, -0.1) is 0 Å². The first-order valence-corrected chi connectivity index (χ1v) is 6.55. The van der Waals surface area contributed by atoms with E-state index in [4.69, 9.17) is 0 Å². The highest BCUT2D eigenvalue weighted by atomic mass is 16.3. The third-order valence-corrected chi connectivity index (χ3v) is 2.74. The lowest BCUT2D eigenvalue weighted by Crippen LogP contribution is -2.25. The molecule has 2 rings (SSSR count). The molecule has 0 spiro atoms. The number of phenols is 1. The zero-order chi connectivity index (χ0) is 15.1. The highest BCUT2D eigenvalue weighted by Gasteiger charge is 1.99. The van der Waals surface area contributed by atoms with E-state index in [-0.39, 0.29) is 18.2 Å². The Hall–Kier alpha value is -2.82. The first kappa shape index (κ1) is 14.6. The van der Waals surface area contributed by atoms with Crippen molar-refractivity contribution >= 4 is 17.8 Å². The molecule has 0 aliphatic rings. The van der Waals surface area contributed by atoms with E-state index in [0.29, 0.717) is 5.56 Å². The Kier molecular flexibility index (Phi) is 4.93. The van der Waals surface area contributed by atoms with Gasteiger partial charge in [-0.2, -0.15) is 5.10 Å². The van der Waals surface area contributed by atoms with Gasteiger partial charge in [0.25, 0.3) is 5.91 Å². The van der Waals surface area contributed by atoms with Crippen molar-refractivity contribution in [3.05, 3.63) is 59.7 Å². The summed E-state index contributed by atoms with van der Waals surface area (Å²) in [7, 11) is 0. The van der Waals surface area contributed by atoms with Crippen LogP contribution in [0.3, 0.4) is 0 Å². The van der Waals surface area contributed by atoms with Crippen LogP contribution >= 0.6 is 0 Å². The Bertz CT molecular complexity index is 653. The quantitative estimate of drug-likeness (QED) is 0.582. The predicted molar refractivity (Wildman–Crippen MR) is 83.5 cm³/mol. The number of carbonyl (C=O) groups excluding carboxylic acids is 1. The SMILES string of the molecule is Cc1cccc(NCC(=O)N/N=C/c2cccc(O)c2)c1. The second-order valence-corrected chi connectivity index (χ2v) is 4.61. The summed E-state index contributed by atoms with van der Waals surface area (Å²) in [4.78, 5) is 11.6. The molecule has 0 aliphatic carbocycles. The molecule has 0 bridgehead atoms. The summed E-state index contributed by atoms with van der Waals surface area (Å²) in [6.07, 6.45) is 1.48. The van der Waals surface area contributed by atoms with Gasteiger partial charge in [-0.05, 0) is 42.3 Å². The lowest BCUT2D eigenvalue weighted by Gasteiger charge is -2.05. The number of hydrazone groups is 1. The van der Waals surface area contributed by atoms with Crippen molar-refractivity contribution in [1.82, 2.24) is 5.43 Å². The number of phenolic OH excluding ortho intramolecular Hbond substituents is 1. The highest BCUT2D eigenvalue weighted by Crippen LogP contribution is 2.09. The molecule has 3 N–H and O–H groups in total. The molecule has 5 heteroatoms. The van der Waals surface area contributed by atoms with Crippen molar-refractivity contribution in [1.29, 1.82) is 0 Å². The van der Waals surface area contributed by atoms with Crippen molar-refractivity contribution in [2.75, 3.05) is 11.9 Å². The van der Waals surface area contributed by atoms with Gasteiger partial charge in [-0.3, -0.25) is 4.79 Å². The average Bonchev–Trinajstić information content (AvgIpc) is 2.45. The van der Waals surface area contributed by atoms with Crippen LogP contribution in [0, 0.1) is 6.92 Å². The predicted octanol–water partition coefficient (Wildman–Crippen LogP) is 2.26. The van der Waals surface area contributed by atoms with Crippen LogP contribution in [0.4, 0.5) is 5.69 Å². The number of hydrogen-bond acceptors (Lipinski definition) is 4. The molecule has 0 saturated carbocycles. The molecule has 0 radical (unpaired) electrons. The number of hydrogen-bond donors (Lipinski definition) is 3. The molecule has 108 valence electrons. The smallest absolute Gasteiger partial charge is 0.259 e. The minimum Gasteiger partial charge on any atom is -0.508 e. The van der Waals surface area contributed by atoms with Crippen molar-refractivity contribution < 1.29 is 9.90 Å². The fraction of sp³-hybridized carbons (Fsp3) is 0.125. The van der Waals surface area contributed by atoms with Crippen molar-refractivity contribution in [3.8, 4) is 5.75 Å². The molecule has 2 aromatic rings. The van der Waals surface area contributed by atoms with Gasteiger partial charge >= 0.3 is 0 Å². The number of rotatable bonds is 5. The summed E-state index contributed by atoms with van der Waals surface area (Å²) < 4.78 is 0. The van der Waals surface area contributed by atoms with E-state index >= 15 is 0 Å². The van der Waals surface area contributed by atoms with E-state index in [1.807, 2.05) is 31.2 Å². The van der Waals surface area contributed by atoms with Gasteiger partial charge in [0, 0.05) is 5.69 Å². The largest absolute Gasteiger partial charge is 0.508 e. The van der Waals surface area contributed by atoms with Gasteiger partial charge in [0.1, 0.15) is 5.75 Å². The number of aryl methyl sites for hydroxylation is 1. The summed E-state index contributed by atoms with van der Waals surface area (Å²) >= 11 is 0. The van der Waals surface area contributed by atoms with Crippen LogP contribution in [-0.4, -0.2) is 23.8 Å². The second kappa shape index (κ2) is 7.09. The molecule has 5 nitrogen and oxygen atoms in total. The molecule has 1 amide bonds. The zero-order valence-corrected chi connectivity index (χ0v) is 11.7. The summed E-state index contributed by atoms with van der Waals surface area (Å²) in [5.41, 5.74) is 5.15. The van der Waals surface area contributed by atoms with Crippen LogP contribution in [-0.2, 0) is 4.79 Å². The third kappa shape index (κ3) is 4.99. The Morgan fingerprint density at radius 3 is 2.81 bits per heavy atom. The summed E-state index contributed by atoms with van der Waals surface area (Å²) in [6.45, 7) is 2.13. The van der Waals surface area contributed by atoms with Gasteiger partial charge in [-0.1, -0.05) is 24.3 Å². The lowest BCUT2D eigenvalue weighted by atomic mass is 10.2. The summed E-state index contributed by atoms with van der Waals surface area (Å²) in [6, 6.07) is 14.4. The molecule has 0 aromatic heterocycles. The standard InChI is InChI=1S/C16H17N3O2/c1-12-4-2-6-14(8-12)17-11-16(21)19-18-10-13-5-3-7-15(20)9-13/h2-10,17,20H,11H2,1H3,(H,19,21)/b18-10+. The molecule has 0 heterocycles. The zero-order valence-electron chi connectivity index (χ0n) is 11.7. The van der Waals surface area contributed by atoms with Crippen LogP contribution < -0.4 is 10.7 Å². The van der Waals surface area contributed by atoms with Crippen LogP contribution in [0.5, 0.6) is 5.75 Å². The van der Waals surface area contributed by atoms with Crippen LogP contribution in [0.25, 0.3) is 0 Å². The van der Waals surface area contributed by atoms with Crippen molar-refractivity contribution in [3.63, 3.8) is 0 Å². The maximum Gasteiger partial charge on any atom is 0.259 e. The normalized spacial score (nSPS) is 10.5. The van der Waals surface area contributed by atoms with E-state index in [1.165, 1.54) is 6.21 Å². The number of benzene rings is 2. The Morgan fingerprint density at radius 2 is 2.05 bits per heavy atom. The topological polar surface area (TPSA) is 73.7 Å². The second-order valence-electron chi connectivity index (χ2n) is 4.61. The van der Waals surface area contributed by atoms with Crippen LogP contribution in [0.15, 0.2) is 53.6 Å². The molecular weight excluding hydrogens is 266 g/mol. The third-order valence-electron chi connectivity index (χ3n) is 2.74. The number of nitrogens with zero attached hydrogens (tertiary/aromatic N) is 1. The van der Waals surface area contributed by atoms with Crippen LogP contribution in [0.1, 0.15) is 11.1 Å². The molecule has 0 fully saturated rings. The maximum absolute atomic E-state index is 11.6. The van der Waals surface area contributed by atoms with Gasteiger partial charge < -0.3 is 10.4 Å². The molecule has 2 aromatic carbocycles. The van der Waals surface area contributed by atoms with Gasteiger partial charge in [-0.25, -0.2) is 5.43 Å². The monoisotopic (exact) mass is 283 g/mol. The van der Waals surface area contributed by atoms with E-state index in [2.05, 4.69) is 15.8 Å². The fourth-order valence-electron chi connectivity index (χ4n) is 1.76. The maximum atomic E-state index is 11.6. The highest BCUT2D eigenvalue weighted by molar-refractivity contribution is 5.84. The van der Waals surface area contributed by atoms with Crippen molar-refractivity contribution in [2.45, 2.75) is 6.92 Å². The van der Waals surface area contributed by atoms with E-state index < -0.39 is 0 Å². The molecular formula is C16H17N3O2. The first-order chi connectivity index (χ1) is 10.1. The molecule has 0 saturated heterocycles. The number of anilines is 1. The van der Waals surface area contributed by atoms with E-state index in [0.717, 1.165) is 11.3 Å². The number of carbonyl (C=O) groups is 1. The number of aromatic hydroxyl groups is 1. The number of amides is 1. The Morgan fingerprint density at radius 1 is 1.24 bits per heavy atom. The van der Waals surface area contributed by atoms with Gasteiger partial charge in [0.15, 0.2) is 0 Å². The average molecular weight is 283 g/mol. The lowest BCUT2D eigenvalue weighted by molar-refractivity contribution is -0.119. The molecule has 0 atom stereocenters. The Balaban J connectivity index is 1.80. The molecule has 0 unspecified atom stereocenters. The minimum absolute atomic E-state index is 0.140. The minimum atomic E-state index is -0.243. The fourth-order valence-corrected chi connectivity index (χ4v) is 1.76. The molecule has 21 heavy (non-hydrogen) atoms. The van der Waals surface area contributed by atoms with E-state index in [9.17, 15) is 9.90 Å². The summed E-state index contributed by atoms with van der Waals surface area (Å²) in [5.74, 6) is -0.0840. The van der Waals surface area contributed by atoms with Gasteiger partial charge in [0.05, 0.1) is 12.8 Å². The van der Waals surface area contributed by atoms with Crippen LogP contribution in [0.2, 0.25) is 0 Å². The molecule has 0 aliphatic heterocycles. The summed E-state index contributed by atoms with van der Waals surface area (Å²) in [5, 5.41) is 16.1.